The lowest BCUT2D eigenvalue weighted by Crippen LogP contribution is -2.24. The highest BCUT2D eigenvalue weighted by Crippen LogP contribution is 2.28. The summed E-state index contributed by atoms with van der Waals surface area (Å²) in [5.41, 5.74) is 4.37. The summed E-state index contributed by atoms with van der Waals surface area (Å²) in [7, 11) is 1.69. The van der Waals surface area contributed by atoms with Gasteiger partial charge in [0.2, 0.25) is 0 Å². The van der Waals surface area contributed by atoms with Gasteiger partial charge in [-0.3, -0.25) is 9.97 Å². The van der Waals surface area contributed by atoms with E-state index < -0.39 is 0 Å². The molecule has 0 saturated heterocycles. The van der Waals surface area contributed by atoms with Gasteiger partial charge in [0.05, 0.1) is 31.6 Å². The molecule has 0 radical (unpaired) electrons. The molecule has 0 aliphatic rings. The molecule has 0 aliphatic carbocycles. The zero-order valence-electron chi connectivity index (χ0n) is 14.0. The van der Waals surface area contributed by atoms with E-state index in [2.05, 4.69) is 33.9 Å². The van der Waals surface area contributed by atoms with Gasteiger partial charge in [-0.25, -0.2) is 0 Å². The van der Waals surface area contributed by atoms with Crippen LogP contribution in [0, 0.1) is 6.92 Å². The predicted octanol–water partition coefficient (Wildman–Crippen LogP) is 4.00. The minimum atomic E-state index is 0.714. The van der Waals surface area contributed by atoms with Crippen LogP contribution in [0.4, 0.5) is 5.69 Å². The summed E-state index contributed by atoms with van der Waals surface area (Å²) in [6.45, 7) is 3.54. The summed E-state index contributed by atoms with van der Waals surface area (Å²) in [4.78, 5) is 11.2. The van der Waals surface area contributed by atoms with Crippen LogP contribution in [-0.4, -0.2) is 17.1 Å². The first-order chi connectivity index (χ1) is 11.8. The van der Waals surface area contributed by atoms with Crippen molar-refractivity contribution in [1.82, 2.24) is 9.97 Å². The second-order valence-corrected chi connectivity index (χ2v) is 5.65. The molecule has 0 amide bonds. The Balaban J connectivity index is 1.95. The number of benzene rings is 1. The number of ether oxygens (including phenoxy) is 1. The number of pyridine rings is 2. The van der Waals surface area contributed by atoms with Crippen molar-refractivity contribution >= 4 is 5.69 Å². The Bertz CT molecular complexity index is 734. The molecule has 4 heteroatoms. The van der Waals surface area contributed by atoms with Crippen molar-refractivity contribution in [3.8, 4) is 5.75 Å². The van der Waals surface area contributed by atoms with E-state index in [0.717, 1.165) is 22.8 Å². The van der Waals surface area contributed by atoms with Crippen molar-refractivity contribution in [2.45, 2.75) is 20.0 Å². The number of aromatic nitrogens is 2. The monoisotopic (exact) mass is 319 g/mol. The number of hydrogen-bond acceptors (Lipinski definition) is 4. The molecule has 24 heavy (non-hydrogen) atoms. The first-order valence-corrected chi connectivity index (χ1v) is 7.95. The van der Waals surface area contributed by atoms with E-state index in [0.29, 0.717) is 13.1 Å². The van der Waals surface area contributed by atoms with Crippen LogP contribution in [0.15, 0.2) is 67.0 Å². The minimum Gasteiger partial charge on any atom is -0.497 e. The van der Waals surface area contributed by atoms with Crippen molar-refractivity contribution < 1.29 is 4.74 Å². The van der Waals surface area contributed by atoms with Gasteiger partial charge in [0.15, 0.2) is 0 Å². The summed E-state index contributed by atoms with van der Waals surface area (Å²) < 4.78 is 5.40. The normalized spacial score (nSPS) is 10.4. The highest BCUT2D eigenvalue weighted by molar-refractivity contribution is 5.57. The van der Waals surface area contributed by atoms with Crippen molar-refractivity contribution in [2.24, 2.45) is 0 Å². The number of rotatable bonds is 6. The summed E-state index contributed by atoms with van der Waals surface area (Å²) in [5.74, 6) is 0.850. The van der Waals surface area contributed by atoms with Crippen LogP contribution in [0.5, 0.6) is 5.75 Å². The lowest BCUT2D eigenvalue weighted by Gasteiger charge is -2.26. The molecule has 0 unspecified atom stereocenters. The third-order valence-electron chi connectivity index (χ3n) is 3.92. The molecule has 0 fully saturated rings. The average Bonchev–Trinajstić information content (AvgIpc) is 2.63. The van der Waals surface area contributed by atoms with E-state index in [1.165, 1.54) is 5.56 Å². The SMILES string of the molecule is COc1ccc(C)c(N(Cc2ccccn2)Cc2ccccn2)c1. The zero-order chi connectivity index (χ0) is 16.8. The first kappa shape index (κ1) is 16.0. The van der Waals surface area contributed by atoms with Crippen LogP contribution in [0.2, 0.25) is 0 Å². The molecule has 0 N–H and O–H groups in total. The van der Waals surface area contributed by atoms with Crippen LogP contribution in [0.1, 0.15) is 17.0 Å². The zero-order valence-corrected chi connectivity index (χ0v) is 14.0. The van der Waals surface area contributed by atoms with E-state index in [4.69, 9.17) is 4.74 Å². The standard InChI is InChI=1S/C20H21N3O/c1-16-9-10-19(24-2)13-20(16)23(14-17-7-3-5-11-21-17)15-18-8-4-6-12-22-18/h3-13H,14-15H2,1-2H3. The van der Waals surface area contributed by atoms with E-state index in [1.807, 2.05) is 54.9 Å². The topological polar surface area (TPSA) is 38.2 Å². The Labute approximate surface area is 142 Å². The van der Waals surface area contributed by atoms with Gasteiger partial charge in [-0.2, -0.15) is 0 Å². The molecule has 3 aromatic rings. The Kier molecular flexibility index (Phi) is 5.06. The van der Waals surface area contributed by atoms with Gasteiger partial charge < -0.3 is 9.64 Å². The molecule has 1 aromatic carbocycles. The van der Waals surface area contributed by atoms with Crippen LogP contribution in [0.3, 0.4) is 0 Å². The summed E-state index contributed by atoms with van der Waals surface area (Å²) >= 11 is 0. The maximum atomic E-state index is 5.40. The lowest BCUT2D eigenvalue weighted by atomic mass is 10.1. The fourth-order valence-corrected chi connectivity index (χ4v) is 2.66. The Morgan fingerprint density at radius 3 is 2.00 bits per heavy atom. The second-order valence-electron chi connectivity index (χ2n) is 5.65. The fourth-order valence-electron chi connectivity index (χ4n) is 2.66. The third kappa shape index (κ3) is 3.90. The van der Waals surface area contributed by atoms with Gasteiger partial charge in [-0.15, -0.1) is 0 Å². The Hall–Kier alpha value is -2.88. The number of nitrogens with zero attached hydrogens (tertiary/aromatic N) is 3. The highest BCUT2D eigenvalue weighted by atomic mass is 16.5. The van der Waals surface area contributed by atoms with Crippen LogP contribution < -0.4 is 9.64 Å². The van der Waals surface area contributed by atoms with E-state index in [9.17, 15) is 0 Å². The molecule has 4 nitrogen and oxygen atoms in total. The van der Waals surface area contributed by atoms with Crippen molar-refractivity contribution in [3.05, 3.63) is 83.9 Å². The first-order valence-electron chi connectivity index (χ1n) is 7.95. The predicted molar refractivity (Wildman–Crippen MR) is 96.1 cm³/mol. The largest absolute Gasteiger partial charge is 0.497 e. The molecule has 0 aliphatic heterocycles. The fraction of sp³-hybridized carbons (Fsp3) is 0.200. The number of methoxy groups -OCH3 is 1. The molecule has 2 heterocycles. The summed E-state index contributed by atoms with van der Waals surface area (Å²) in [6.07, 6.45) is 3.65. The number of aryl methyl sites for hydroxylation is 1. The van der Waals surface area contributed by atoms with Gasteiger partial charge in [-0.05, 0) is 42.8 Å². The molecular formula is C20H21N3O. The van der Waals surface area contributed by atoms with E-state index >= 15 is 0 Å². The average molecular weight is 319 g/mol. The van der Waals surface area contributed by atoms with Crippen LogP contribution >= 0.6 is 0 Å². The van der Waals surface area contributed by atoms with Crippen molar-refractivity contribution in [2.75, 3.05) is 12.0 Å². The Morgan fingerprint density at radius 1 is 0.875 bits per heavy atom. The van der Waals surface area contributed by atoms with Gasteiger partial charge in [0.1, 0.15) is 5.75 Å². The smallest absolute Gasteiger partial charge is 0.120 e. The summed E-state index contributed by atoms with van der Waals surface area (Å²) in [5, 5.41) is 0. The second kappa shape index (κ2) is 7.59. The van der Waals surface area contributed by atoms with Crippen LogP contribution in [-0.2, 0) is 13.1 Å². The Morgan fingerprint density at radius 2 is 1.50 bits per heavy atom. The molecule has 0 spiro atoms. The van der Waals surface area contributed by atoms with Crippen LogP contribution in [0.25, 0.3) is 0 Å². The maximum Gasteiger partial charge on any atom is 0.120 e. The number of hydrogen-bond donors (Lipinski definition) is 0. The van der Waals surface area contributed by atoms with Gasteiger partial charge in [-0.1, -0.05) is 18.2 Å². The summed E-state index contributed by atoms with van der Waals surface area (Å²) in [6, 6.07) is 18.1. The van der Waals surface area contributed by atoms with Gasteiger partial charge >= 0.3 is 0 Å². The maximum absolute atomic E-state index is 5.40. The van der Waals surface area contributed by atoms with E-state index in [1.54, 1.807) is 7.11 Å². The van der Waals surface area contributed by atoms with Crippen molar-refractivity contribution in [1.29, 1.82) is 0 Å². The molecule has 0 saturated carbocycles. The molecule has 2 aromatic heterocycles. The lowest BCUT2D eigenvalue weighted by molar-refractivity contribution is 0.414. The van der Waals surface area contributed by atoms with Gasteiger partial charge in [0, 0.05) is 24.1 Å². The minimum absolute atomic E-state index is 0.714. The molecule has 0 atom stereocenters. The quantitative estimate of drug-likeness (QED) is 0.688. The van der Waals surface area contributed by atoms with Crippen molar-refractivity contribution in [3.63, 3.8) is 0 Å². The highest BCUT2D eigenvalue weighted by Gasteiger charge is 2.13. The third-order valence-corrected chi connectivity index (χ3v) is 3.92. The number of anilines is 1. The molecular weight excluding hydrogens is 298 g/mol. The molecule has 122 valence electrons. The van der Waals surface area contributed by atoms with Gasteiger partial charge in [0.25, 0.3) is 0 Å². The van der Waals surface area contributed by atoms with E-state index in [-0.39, 0.29) is 0 Å². The molecule has 0 bridgehead atoms. The molecule has 3 rings (SSSR count).